The van der Waals surface area contributed by atoms with Crippen molar-refractivity contribution >= 4 is 11.8 Å². The molecule has 0 atom stereocenters. The van der Waals surface area contributed by atoms with E-state index >= 15 is 0 Å². The SMILES string of the molecule is O=C(NC1CCCC1)c1cn(CC2(O)CCN(C(=O)CCC3CCCCC3)CC2)nn1. The maximum absolute atomic E-state index is 12.6. The highest BCUT2D eigenvalue weighted by molar-refractivity contribution is 5.92. The second-order valence-corrected chi connectivity index (χ2v) is 9.90. The molecule has 2 saturated carbocycles. The summed E-state index contributed by atoms with van der Waals surface area (Å²) in [5, 5.41) is 22.1. The van der Waals surface area contributed by atoms with E-state index in [-0.39, 0.29) is 17.9 Å². The van der Waals surface area contributed by atoms with Crippen LogP contribution in [0.5, 0.6) is 0 Å². The first-order chi connectivity index (χ1) is 15.0. The third-order valence-electron chi connectivity index (χ3n) is 7.46. The van der Waals surface area contributed by atoms with Crippen molar-refractivity contribution in [2.24, 2.45) is 5.92 Å². The Labute approximate surface area is 184 Å². The van der Waals surface area contributed by atoms with Gasteiger partial charge in [0.1, 0.15) is 0 Å². The number of carbonyl (C=O) groups excluding carboxylic acids is 2. The van der Waals surface area contributed by atoms with Crippen LogP contribution >= 0.6 is 0 Å². The van der Waals surface area contributed by atoms with Crippen molar-refractivity contribution in [3.05, 3.63) is 11.9 Å². The van der Waals surface area contributed by atoms with E-state index in [0.29, 0.717) is 50.5 Å². The van der Waals surface area contributed by atoms with Crippen molar-refractivity contribution in [2.45, 2.75) is 102 Å². The molecule has 8 nitrogen and oxygen atoms in total. The molecule has 2 amide bonds. The highest BCUT2D eigenvalue weighted by Gasteiger charge is 2.35. The van der Waals surface area contributed by atoms with Gasteiger partial charge in [-0.15, -0.1) is 5.10 Å². The molecule has 0 bridgehead atoms. The fraction of sp³-hybridized carbons (Fsp3) is 0.826. The van der Waals surface area contributed by atoms with Crippen LogP contribution < -0.4 is 5.32 Å². The number of hydrogen-bond acceptors (Lipinski definition) is 5. The molecular formula is C23H37N5O3. The Balaban J connectivity index is 1.21. The average molecular weight is 432 g/mol. The highest BCUT2D eigenvalue weighted by atomic mass is 16.3. The number of likely N-dealkylation sites (tertiary alicyclic amines) is 1. The molecule has 8 heteroatoms. The molecule has 0 aromatic carbocycles. The molecule has 0 unspecified atom stereocenters. The quantitative estimate of drug-likeness (QED) is 0.691. The van der Waals surface area contributed by atoms with Crippen LogP contribution in [0.25, 0.3) is 0 Å². The number of amides is 2. The first-order valence-corrected chi connectivity index (χ1v) is 12.2. The van der Waals surface area contributed by atoms with Crippen LogP contribution in [-0.2, 0) is 11.3 Å². The van der Waals surface area contributed by atoms with Gasteiger partial charge < -0.3 is 15.3 Å². The van der Waals surface area contributed by atoms with E-state index in [4.69, 9.17) is 0 Å². The standard InChI is InChI=1S/C23H37N5O3/c29-21(11-10-18-6-2-1-3-7-18)27-14-12-23(31,13-15-27)17-28-16-20(25-26-28)22(30)24-19-8-4-5-9-19/h16,18-19,31H,1-15,17H2,(H,24,30). The van der Waals surface area contributed by atoms with E-state index in [9.17, 15) is 14.7 Å². The van der Waals surface area contributed by atoms with Crippen molar-refractivity contribution in [2.75, 3.05) is 13.1 Å². The number of rotatable bonds is 7. The number of nitrogens with zero attached hydrogens (tertiary/aromatic N) is 4. The van der Waals surface area contributed by atoms with E-state index in [0.717, 1.165) is 32.1 Å². The lowest BCUT2D eigenvalue weighted by molar-refractivity contribution is -0.136. The van der Waals surface area contributed by atoms with Crippen LogP contribution in [0.3, 0.4) is 0 Å². The van der Waals surface area contributed by atoms with E-state index in [1.165, 1.54) is 32.1 Å². The van der Waals surface area contributed by atoms with Crippen LogP contribution in [0.4, 0.5) is 0 Å². The van der Waals surface area contributed by atoms with Crippen LogP contribution in [0.2, 0.25) is 0 Å². The van der Waals surface area contributed by atoms with Crippen molar-refractivity contribution in [1.29, 1.82) is 0 Å². The van der Waals surface area contributed by atoms with Gasteiger partial charge >= 0.3 is 0 Å². The van der Waals surface area contributed by atoms with Gasteiger partial charge in [0.15, 0.2) is 5.69 Å². The van der Waals surface area contributed by atoms with Crippen molar-refractivity contribution in [1.82, 2.24) is 25.2 Å². The number of carbonyl (C=O) groups is 2. The molecule has 3 aliphatic rings. The molecule has 2 aliphatic carbocycles. The second kappa shape index (κ2) is 10.1. The van der Waals surface area contributed by atoms with Gasteiger partial charge in [0.2, 0.25) is 5.91 Å². The lowest BCUT2D eigenvalue weighted by Gasteiger charge is -2.38. The van der Waals surface area contributed by atoms with Gasteiger partial charge in [-0.1, -0.05) is 50.2 Å². The normalized spacial score (nSPS) is 22.5. The van der Waals surface area contributed by atoms with E-state index in [1.807, 2.05) is 4.90 Å². The fourth-order valence-corrected chi connectivity index (χ4v) is 5.40. The maximum atomic E-state index is 12.6. The minimum Gasteiger partial charge on any atom is -0.388 e. The number of aromatic nitrogens is 3. The number of hydrogen-bond donors (Lipinski definition) is 2. The Hall–Kier alpha value is -1.96. The Kier molecular flexibility index (Phi) is 7.25. The smallest absolute Gasteiger partial charge is 0.273 e. The van der Waals surface area contributed by atoms with Gasteiger partial charge in [-0.2, -0.15) is 0 Å². The molecule has 172 valence electrons. The maximum Gasteiger partial charge on any atom is 0.273 e. The minimum absolute atomic E-state index is 0.191. The zero-order valence-electron chi connectivity index (χ0n) is 18.6. The number of nitrogens with one attached hydrogen (secondary N) is 1. The van der Waals surface area contributed by atoms with Crippen LogP contribution in [0, 0.1) is 5.92 Å². The topological polar surface area (TPSA) is 100 Å². The lowest BCUT2D eigenvalue weighted by Crippen LogP contribution is -2.48. The molecule has 2 N–H and O–H groups in total. The second-order valence-electron chi connectivity index (χ2n) is 9.90. The average Bonchev–Trinajstić information content (AvgIpc) is 3.45. The lowest BCUT2D eigenvalue weighted by atomic mass is 9.86. The summed E-state index contributed by atoms with van der Waals surface area (Å²) in [4.78, 5) is 26.9. The molecule has 1 aromatic heterocycles. The van der Waals surface area contributed by atoms with Gasteiger partial charge in [-0.3, -0.25) is 9.59 Å². The zero-order chi connectivity index (χ0) is 21.7. The first-order valence-electron chi connectivity index (χ1n) is 12.2. The van der Waals surface area contributed by atoms with E-state index in [2.05, 4.69) is 15.6 Å². The Morgan fingerprint density at radius 1 is 1.06 bits per heavy atom. The Bertz CT molecular complexity index is 744. The van der Waals surface area contributed by atoms with Gasteiger partial charge in [-0.05, 0) is 38.0 Å². The largest absolute Gasteiger partial charge is 0.388 e. The predicted octanol–water partition coefficient (Wildman–Crippen LogP) is 2.66. The molecular weight excluding hydrogens is 394 g/mol. The summed E-state index contributed by atoms with van der Waals surface area (Å²) < 4.78 is 1.56. The third kappa shape index (κ3) is 6.05. The van der Waals surface area contributed by atoms with E-state index < -0.39 is 5.60 Å². The molecule has 1 saturated heterocycles. The fourth-order valence-electron chi connectivity index (χ4n) is 5.40. The summed E-state index contributed by atoms with van der Waals surface area (Å²) in [5.41, 5.74) is -0.627. The van der Waals surface area contributed by atoms with Gasteiger partial charge in [0.05, 0.1) is 18.3 Å². The van der Waals surface area contributed by atoms with Crippen molar-refractivity contribution in [3.63, 3.8) is 0 Å². The molecule has 4 rings (SSSR count). The molecule has 31 heavy (non-hydrogen) atoms. The third-order valence-corrected chi connectivity index (χ3v) is 7.46. The number of aliphatic hydroxyl groups is 1. The Morgan fingerprint density at radius 3 is 2.45 bits per heavy atom. The minimum atomic E-state index is -0.924. The summed E-state index contributed by atoms with van der Waals surface area (Å²) in [6.45, 7) is 1.44. The zero-order valence-corrected chi connectivity index (χ0v) is 18.6. The van der Waals surface area contributed by atoms with Gasteiger partial charge in [0.25, 0.3) is 5.91 Å². The van der Waals surface area contributed by atoms with Crippen LogP contribution in [0.15, 0.2) is 6.20 Å². The summed E-state index contributed by atoms with van der Waals surface area (Å²) in [7, 11) is 0. The van der Waals surface area contributed by atoms with E-state index in [1.54, 1.807) is 10.9 Å². The molecule has 3 fully saturated rings. The summed E-state index contributed by atoms with van der Waals surface area (Å²) in [6, 6.07) is 0.238. The van der Waals surface area contributed by atoms with Gasteiger partial charge in [0, 0.05) is 25.6 Å². The number of piperidine rings is 1. The van der Waals surface area contributed by atoms with Gasteiger partial charge in [-0.25, -0.2) is 4.68 Å². The molecule has 0 spiro atoms. The molecule has 0 radical (unpaired) electrons. The van der Waals surface area contributed by atoms with Crippen LogP contribution in [0.1, 0.15) is 94.0 Å². The summed E-state index contributed by atoms with van der Waals surface area (Å²) in [5.74, 6) is 0.745. The summed E-state index contributed by atoms with van der Waals surface area (Å²) >= 11 is 0. The van der Waals surface area contributed by atoms with Crippen molar-refractivity contribution < 1.29 is 14.7 Å². The first kappa shape index (κ1) is 22.2. The predicted molar refractivity (Wildman–Crippen MR) is 116 cm³/mol. The molecule has 1 aliphatic heterocycles. The Morgan fingerprint density at radius 2 is 1.74 bits per heavy atom. The molecule has 1 aromatic rings. The monoisotopic (exact) mass is 431 g/mol. The van der Waals surface area contributed by atoms with Crippen LogP contribution in [-0.4, -0.2) is 61.5 Å². The van der Waals surface area contributed by atoms with Crippen molar-refractivity contribution in [3.8, 4) is 0 Å². The molecule has 2 heterocycles. The summed E-state index contributed by atoms with van der Waals surface area (Å²) in [6.07, 6.45) is 15.1. The highest BCUT2D eigenvalue weighted by Crippen LogP contribution is 2.29.